The van der Waals surface area contributed by atoms with Crippen LogP contribution in [0.5, 0.6) is 17.2 Å². The molecular formula is C26H29NO9. The first kappa shape index (κ1) is 24.7. The average Bonchev–Trinajstić information content (AvgIpc) is 2.81. The van der Waals surface area contributed by atoms with Crippen molar-refractivity contribution in [2.75, 3.05) is 0 Å². The number of aromatic hydroxyl groups is 3. The van der Waals surface area contributed by atoms with E-state index in [1.165, 1.54) is 6.07 Å². The highest BCUT2D eigenvalue weighted by Gasteiger charge is 2.45. The minimum atomic E-state index is -1.22. The van der Waals surface area contributed by atoms with Gasteiger partial charge in [0.1, 0.15) is 17.2 Å². The van der Waals surface area contributed by atoms with Gasteiger partial charge in [-0.1, -0.05) is 6.92 Å². The number of ketones is 2. The zero-order valence-corrected chi connectivity index (χ0v) is 19.9. The molecule has 0 saturated carbocycles. The summed E-state index contributed by atoms with van der Waals surface area (Å²) in [5.41, 5.74) is 4.33. The Bertz CT molecular complexity index is 1260. The predicted molar refractivity (Wildman–Crippen MR) is 125 cm³/mol. The van der Waals surface area contributed by atoms with Crippen LogP contribution in [0.2, 0.25) is 0 Å². The number of aliphatic hydroxyl groups is 2. The second-order valence-electron chi connectivity index (χ2n) is 9.98. The maximum absolute atomic E-state index is 13.4. The average molecular weight is 500 g/mol. The van der Waals surface area contributed by atoms with Crippen LogP contribution in [0.25, 0.3) is 0 Å². The van der Waals surface area contributed by atoms with Gasteiger partial charge in [0.05, 0.1) is 40.6 Å². The molecule has 192 valence electrons. The lowest BCUT2D eigenvalue weighted by Gasteiger charge is -2.42. The zero-order valence-electron chi connectivity index (χ0n) is 19.9. The van der Waals surface area contributed by atoms with Gasteiger partial charge in [0.15, 0.2) is 12.1 Å². The number of aliphatic hydroxyl groups excluding tert-OH is 1. The van der Waals surface area contributed by atoms with Crippen molar-refractivity contribution in [3.05, 3.63) is 51.6 Å². The minimum absolute atomic E-state index is 0.0830. The lowest BCUT2D eigenvalue weighted by atomic mass is 9.73. The molecule has 1 saturated heterocycles. The van der Waals surface area contributed by atoms with Crippen molar-refractivity contribution in [1.82, 2.24) is 0 Å². The maximum Gasteiger partial charge on any atom is 0.202 e. The SMILES string of the molecule is CC[C@]1(O)Cc2cc3c(c(O)c2[C@@H](OC2CC(N)C(O)C(C)O2)C1)C(=O)c1c(O)ccc(O)c1C3=O. The van der Waals surface area contributed by atoms with Crippen LogP contribution >= 0.6 is 0 Å². The van der Waals surface area contributed by atoms with Gasteiger partial charge in [-0.3, -0.25) is 9.59 Å². The van der Waals surface area contributed by atoms with E-state index in [-0.39, 0.29) is 47.1 Å². The van der Waals surface area contributed by atoms with Crippen molar-refractivity contribution in [3.63, 3.8) is 0 Å². The number of nitrogens with two attached hydrogens (primary N) is 1. The van der Waals surface area contributed by atoms with Gasteiger partial charge in [-0.2, -0.15) is 0 Å². The fourth-order valence-electron chi connectivity index (χ4n) is 5.57. The third-order valence-corrected chi connectivity index (χ3v) is 7.64. The zero-order chi connectivity index (χ0) is 26.1. The summed E-state index contributed by atoms with van der Waals surface area (Å²) < 4.78 is 11.9. The molecule has 3 aliphatic rings. The molecule has 0 bridgehead atoms. The number of hydrogen-bond acceptors (Lipinski definition) is 10. The molecule has 1 heterocycles. The smallest absolute Gasteiger partial charge is 0.202 e. The van der Waals surface area contributed by atoms with Crippen LogP contribution in [0.3, 0.4) is 0 Å². The lowest BCUT2D eigenvalue weighted by molar-refractivity contribution is -0.247. The van der Waals surface area contributed by atoms with E-state index in [1.807, 2.05) is 0 Å². The fourth-order valence-corrected chi connectivity index (χ4v) is 5.57. The molecule has 2 aromatic rings. The Morgan fingerprint density at radius 1 is 1.11 bits per heavy atom. The highest BCUT2D eigenvalue weighted by molar-refractivity contribution is 6.31. The highest BCUT2D eigenvalue weighted by atomic mass is 16.7. The van der Waals surface area contributed by atoms with Gasteiger partial charge >= 0.3 is 0 Å². The number of hydrogen-bond donors (Lipinski definition) is 6. The molecule has 0 amide bonds. The van der Waals surface area contributed by atoms with Crippen LogP contribution in [0.1, 0.15) is 82.2 Å². The standard InChI is InChI=1S/C26H29NO9/c1-3-26(34)8-11-6-12-19(25(33)21-15(29)5-4-14(28)20(21)23(12)31)24(32)18(11)16(9-26)36-17-7-13(27)22(30)10(2)35-17/h4-6,10,13,16-17,22,28-30,32,34H,3,7-9,27H2,1-2H3/t10?,13?,16-,17?,22?,26-/m0/s1. The predicted octanol–water partition coefficient (Wildman–Crippen LogP) is 1.55. The molecule has 36 heavy (non-hydrogen) atoms. The van der Waals surface area contributed by atoms with E-state index in [2.05, 4.69) is 0 Å². The third kappa shape index (κ3) is 3.68. The Hall–Kier alpha value is -3.02. The van der Waals surface area contributed by atoms with Gasteiger partial charge in [-0.25, -0.2) is 0 Å². The highest BCUT2D eigenvalue weighted by Crippen LogP contribution is 2.49. The van der Waals surface area contributed by atoms with Gasteiger partial charge in [0.25, 0.3) is 0 Å². The van der Waals surface area contributed by atoms with Gasteiger partial charge in [0, 0.05) is 36.4 Å². The fraction of sp³-hybridized carbons (Fsp3) is 0.462. The number of carbonyl (C=O) groups is 2. The van der Waals surface area contributed by atoms with Crippen LogP contribution in [-0.4, -0.2) is 67.2 Å². The van der Waals surface area contributed by atoms with Crippen LogP contribution < -0.4 is 5.73 Å². The molecular weight excluding hydrogens is 470 g/mol. The molecule has 0 spiro atoms. The van der Waals surface area contributed by atoms with E-state index in [1.54, 1.807) is 13.8 Å². The Morgan fingerprint density at radius 3 is 2.36 bits per heavy atom. The number of phenolic OH excluding ortho intramolecular Hbond substituents is 3. The van der Waals surface area contributed by atoms with E-state index < -0.39 is 65.1 Å². The topological polar surface area (TPSA) is 180 Å². The number of phenols is 3. The molecule has 4 unspecified atom stereocenters. The first-order valence-electron chi connectivity index (χ1n) is 12.0. The molecule has 7 N–H and O–H groups in total. The van der Waals surface area contributed by atoms with E-state index in [0.29, 0.717) is 12.0 Å². The Balaban J connectivity index is 1.63. The van der Waals surface area contributed by atoms with Gasteiger partial charge in [0.2, 0.25) is 5.78 Å². The van der Waals surface area contributed by atoms with Crippen molar-refractivity contribution in [2.24, 2.45) is 5.73 Å². The molecule has 1 aliphatic heterocycles. The molecule has 2 aliphatic carbocycles. The summed E-state index contributed by atoms with van der Waals surface area (Å²) in [5, 5.41) is 53.3. The number of benzene rings is 2. The molecule has 10 heteroatoms. The number of fused-ring (bicyclic) bond motifs is 3. The molecule has 2 aromatic carbocycles. The maximum atomic E-state index is 13.4. The summed E-state index contributed by atoms with van der Waals surface area (Å²) in [7, 11) is 0. The number of carbonyl (C=O) groups excluding carboxylic acids is 2. The molecule has 6 atom stereocenters. The van der Waals surface area contributed by atoms with Crippen molar-refractivity contribution >= 4 is 11.6 Å². The van der Waals surface area contributed by atoms with Crippen molar-refractivity contribution in [2.45, 2.75) is 75.8 Å². The van der Waals surface area contributed by atoms with Crippen LogP contribution in [0.15, 0.2) is 18.2 Å². The third-order valence-electron chi connectivity index (χ3n) is 7.64. The Labute approximate surface area is 206 Å². The van der Waals surface area contributed by atoms with E-state index in [4.69, 9.17) is 15.2 Å². The van der Waals surface area contributed by atoms with Crippen molar-refractivity contribution in [1.29, 1.82) is 0 Å². The van der Waals surface area contributed by atoms with Gasteiger partial charge in [-0.15, -0.1) is 0 Å². The lowest BCUT2D eigenvalue weighted by Crippen LogP contribution is -2.52. The van der Waals surface area contributed by atoms with Crippen molar-refractivity contribution in [3.8, 4) is 17.2 Å². The van der Waals surface area contributed by atoms with Crippen molar-refractivity contribution < 1.29 is 44.6 Å². The van der Waals surface area contributed by atoms with E-state index in [0.717, 1.165) is 12.1 Å². The first-order valence-corrected chi connectivity index (χ1v) is 12.0. The Morgan fingerprint density at radius 2 is 1.75 bits per heavy atom. The van der Waals surface area contributed by atoms with Crippen LogP contribution in [-0.2, 0) is 15.9 Å². The molecule has 0 radical (unpaired) electrons. The summed E-state index contributed by atoms with van der Waals surface area (Å²) >= 11 is 0. The largest absolute Gasteiger partial charge is 0.507 e. The van der Waals surface area contributed by atoms with Gasteiger partial charge in [-0.05, 0) is 37.1 Å². The second kappa shape index (κ2) is 8.53. The van der Waals surface area contributed by atoms with E-state index >= 15 is 0 Å². The first-order chi connectivity index (χ1) is 17.0. The number of rotatable bonds is 3. The summed E-state index contributed by atoms with van der Waals surface area (Å²) in [6.07, 6.45) is -2.52. The molecule has 5 rings (SSSR count). The molecule has 1 fully saturated rings. The number of ether oxygens (including phenoxy) is 2. The Kier molecular flexibility index (Phi) is 5.85. The summed E-state index contributed by atoms with van der Waals surface area (Å²) in [4.78, 5) is 26.7. The minimum Gasteiger partial charge on any atom is -0.507 e. The normalized spacial score (nSPS) is 31.5. The van der Waals surface area contributed by atoms with Gasteiger partial charge < -0.3 is 40.7 Å². The quantitative estimate of drug-likeness (QED) is 0.289. The molecule has 10 nitrogen and oxygen atoms in total. The van der Waals surface area contributed by atoms with Crippen LogP contribution in [0.4, 0.5) is 0 Å². The summed E-state index contributed by atoms with van der Waals surface area (Å²) in [6.45, 7) is 3.46. The summed E-state index contributed by atoms with van der Waals surface area (Å²) in [5.74, 6) is -2.97. The van der Waals surface area contributed by atoms with E-state index in [9.17, 15) is 35.1 Å². The van der Waals surface area contributed by atoms with Crippen LogP contribution in [0, 0.1) is 0 Å². The summed E-state index contributed by atoms with van der Waals surface area (Å²) in [6, 6.07) is 3.06. The second-order valence-corrected chi connectivity index (χ2v) is 9.98. The monoisotopic (exact) mass is 499 g/mol. The molecule has 0 aromatic heterocycles.